The van der Waals surface area contributed by atoms with Crippen molar-refractivity contribution in [3.8, 4) is 0 Å². The van der Waals surface area contributed by atoms with E-state index in [1.165, 1.54) is 4.68 Å². The van der Waals surface area contributed by atoms with Gasteiger partial charge in [-0.2, -0.15) is 0 Å². The summed E-state index contributed by atoms with van der Waals surface area (Å²) in [5, 5.41) is 7.73. The van der Waals surface area contributed by atoms with E-state index >= 15 is 0 Å². The highest BCUT2D eigenvalue weighted by Crippen LogP contribution is 2.23. The molecule has 1 unspecified atom stereocenters. The van der Waals surface area contributed by atoms with Gasteiger partial charge in [0.25, 0.3) is 0 Å². The Morgan fingerprint density at radius 3 is 2.61 bits per heavy atom. The fourth-order valence-electron chi connectivity index (χ4n) is 1.56. The molecule has 0 aliphatic heterocycles. The largest absolute Gasteiger partial charge is 0.341 e. The second kappa shape index (κ2) is 5.48. The standard InChI is InChI=1S/C12H23N5O/c1-9(12(2,3)4)16(5)11(18)8-17-7-10(6-13)14-15-17/h7,9H,6,8,13H2,1-5H3. The van der Waals surface area contributed by atoms with Crippen LogP contribution >= 0.6 is 0 Å². The third kappa shape index (κ3) is 3.53. The van der Waals surface area contributed by atoms with Crippen LogP contribution < -0.4 is 5.73 Å². The maximum atomic E-state index is 12.1. The highest BCUT2D eigenvalue weighted by Gasteiger charge is 2.27. The minimum absolute atomic E-state index is 0.0193. The summed E-state index contributed by atoms with van der Waals surface area (Å²) in [5.74, 6) is 0.0193. The molecule has 6 heteroatoms. The molecular formula is C12H23N5O. The molecule has 1 aromatic heterocycles. The van der Waals surface area contributed by atoms with Crippen LogP contribution in [-0.2, 0) is 17.9 Å². The number of amides is 1. The maximum Gasteiger partial charge on any atom is 0.244 e. The van der Waals surface area contributed by atoms with Crippen LogP contribution in [0.5, 0.6) is 0 Å². The second-order valence-corrected chi connectivity index (χ2v) is 5.66. The van der Waals surface area contributed by atoms with Gasteiger partial charge < -0.3 is 10.6 Å². The molecule has 1 amide bonds. The summed E-state index contributed by atoms with van der Waals surface area (Å²) in [7, 11) is 1.82. The smallest absolute Gasteiger partial charge is 0.244 e. The Balaban J connectivity index is 2.65. The fraction of sp³-hybridized carbons (Fsp3) is 0.750. The van der Waals surface area contributed by atoms with E-state index in [-0.39, 0.29) is 23.9 Å². The molecule has 102 valence electrons. The lowest BCUT2D eigenvalue weighted by atomic mass is 9.87. The van der Waals surface area contributed by atoms with Gasteiger partial charge in [0, 0.05) is 19.6 Å². The molecule has 1 rings (SSSR count). The molecule has 0 aliphatic carbocycles. The van der Waals surface area contributed by atoms with E-state index in [0.717, 1.165) is 0 Å². The fourth-order valence-corrected chi connectivity index (χ4v) is 1.56. The van der Waals surface area contributed by atoms with Crippen LogP contribution in [-0.4, -0.2) is 38.9 Å². The van der Waals surface area contributed by atoms with Crippen molar-refractivity contribution in [2.45, 2.75) is 46.8 Å². The van der Waals surface area contributed by atoms with Gasteiger partial charge >= 0.3 is 0 Å². The van der Waals surface area contributed by atoms with Gasteiger partial charge in [0.05, 0.1) is 11.9 Å². The molecule has 1 heterocycles. The summed E-state index contributed by atoms with van der Waals surface area (Å²) in [4.78, 5) is 13.9. The Morgan fingerprint density at radius 2 is 2.17 bits per heavy atom. The van der Waals surface area contributed by atoms with E-state index in [2.05, 4.69) is 31.1 Å². The van der Waals surface area contributed by atoms with Crippen molar-refractivity contribution in [3.05, 3.63) is 11.9 Å². The lowest BCUT2D eigenvalue weighted by molar-refractivity contribution is -0.134. The summed E-state index contributed by atoms with van der Waals surface area (Å²) in [6.07, 6.45) is 1.70. The first kappa shape index (κ1) is 14.6. The quantitative estimate of drug-likeness (QED) is 0.853. The van der Waals surface area contributed by atoms with Crippen LogP contribution in [0.4, 0.5) is 0 Å². The Labute approximate surface area is 108 Å². The zero-order valence-electron chi connectivity index (χ0n) is 11.8. The van der Waals surface area contributed by atoms with Crippen LogP contribution in [0.25, 0.3) is 0 Å². The number of carbonyl (C=O) groups is 1. The number of nitrogens with zero attached hydrogens (tertiary/aromatic N) is 4. The predicted octanol–water partition coefficient (Wildman–Crippen LogP) is 0.630. The van der Waals surface area contributed by atoms with Gasteiger partial charge in [0.2, 0.25) is 5.91 Å². The van der Waals surface area contributed by atoms with Gasteiger partial charge in [-0.05, 0) is 12.3 Å². The SMILES string of the molecule is CC(N(C)C(=O)Cn1cc(CN)nn1)C(C)(C)C. The highest BCUT2D eigenvalue weighted by atomic mass is 16.2. The highest BCUT2D eigenvalue weighted by molar-refractivity contribution is 5.76. The van der Waals surface area contributed by atoms with Gasteiger partial charge in [-0.15, -0.1) is 5.10 Å². The van der Waals surface area contributed by atoms with Gasteiger partial charge in [-0.25, -0.2) is 4.68 Å². The Kier molecular flexibility index (Phi) is 4.45. The van der Waals surface area contributed by atoms with E-state index in [0.29, 0.717) is 12.2 Å². The van der Waals surface area contributed by atoms with Crippen molar-refractivity contribution in [2.24, 2.45) is 11.1 Å². The van der Waals surface area contributed by atoms with Crippen molar-refractivity contribution < 1.29 is 4.79 Å². The number of aromatic nitrogens is 3. The first-order valence-corrected chi connectivity index (χ1v) is 6.10. The zero-order chi connectivity index (χ0) is 13.9. The van der Waals surface area contributed by atoms with Crippen LogP contribution in [0, 0.1) is 5.41 Å². The summed E-state index contributed by atoms with van der Waals surface area (Å²) < 4.78 is 1.52. The predicted molar refractivity (Wildman–Crippen MR) is 69.6 cm³/mol. The number of likely N-dealkylation sites (N-methyl/N-ethyl adjacent to an activating group) is 1. The van der Waals surface area contributed by atoms with Gasteiger partial charge in [0.1, 0.15) is 6.54 Å². The minimum Gasteiger partial charge on any atom is -0.341 e. The van der Waals surface area contributed by atoms with Crippen LogP contribution in [0.2, 0.25) is 0 Å². The van der Waals surface area contributed by atoms with Crippen molar-refractivity contribution in [1.29, 1.82) is 0 Å². The Hall–Kier alpha value is -1.43. The van der Waals surface area contributed by atoms with E-state index in [1.54, 1.807) is 11.1 Å². The molecule has 0 bridgehead atoms. The Bertz CT molecular complexity index is 407. The van der Waals surface area contributed by atoms with Gasteiger partial charge in [-0.3, -0.25) is 4.79 Å². The van der Waals surface area contributed by atoms with Gasteiger partial charge in [-0.1, -0.05) is 26.0 Å². The van der Waals surface area contributed by atoms with Crippen LogP contribution in [0.1, 0.15) is 33.4 Å². The molecule has 1 atom stereocenters. The molecule has 18 heavy (non-hydrogen) atoms. The zero-order valence-corrected chi connectivity index (χ0v) is 11.8. The molecule has 0 fully saturated rings. The first-order valence-electron chi connectivity index (χ1n) is 6.10. The molecule has 6 nitrogen and oxygen atoms in total. The normalized spacial score (nSPS) is 13.4. The molecular weight excluding hydrogens is 230 g/mol. The van der Waals surface area contributed by atoms with E-state index in [9.17, 15) is 4.79 Å². The summed E-state index contributed by atoms with van der Waals surface area (Å²) in [6, 6.07) is 0.155. The number of rotatable bonds is 4. The minimum atomic E-state index is 0.0193. The maximum absolute atomic E-state index is 12.1. The molecule has 0 spiro atoms. The van der Waals surface area contributed by atoms with Crippen LogP contribution in [0.15, 0.2) is 6.20 Å². The lowest BCUT2D eigenvalue weighted by Crippen LogP contribution is -2.44. The topological polar surface area (TPSA) is 77.0 Å². The molecule has 2 N–H and O–H groups in total. The molecule has 0 aliphatic rings. The van der Waals surface area contributed by atoms with E-state index in [1.807, 2.05) is 14.0 Å². The monoisotopic (exact) mass is 253 g/mol. The summed E-state index contributed by atoms with van der Waals surface area (Å²) >= 11 is 0. The van der Waals surface area contributed by atoms with Crippen molar-refractivity contribution in [2.75, 3.05) is 7.05 Å². The average Bonchev–Trinajstić information content (AvgIpc) is 2.73. The molecule has 1 aromatic rings. The number of carbonyl (C=O) groups excluding carboxylic acids is 1. The number of hydrogen-bond acceptors (Lipinski definition) is 4. The second-order valence-electron chi connectivity index (χ2n) is 5.66. The molecule has 0 saturated carbocycles. The lowest BCUT2D eigenvalue weighted by Gasteiger charge is -2.35. The van der Waals surface area contributed by atoms with Gasteiger partial charge in [0.15, 0.2) is 0 Å². The van der Waals surface area contributed by atoms with Crippen molar-refractivity contribution in [1.82, 2.24) is 19.9 Å². The molecule has 0 radical (unpaired) electrons. The number of hydrogen-bond donors (Lipinski definition) is 1. The molecule has 0 saturated heterocycles. The first-order chi connectivity index (χ1) is 8.25. The summed E-state index contributed by atoms with van der Waals surface area (Å²) in [5.41, 5.74) is 6.19. The molecule has 0 aromatic carbocycles. The number of nitrogens with two attached hydrogens (primary N) is 1. The van der Waals surface area contributed by atoms with E-state index in [4.69, 9.17) is 5.73 Å². The summed E-state index contributed by atoms with van der Waals surface area (Å²) in [6.45, 7) is 8.92. The third-order valence-corrected chi connectivity index (χ3v) is 3.32. The van der Waals surface area contributed by atoms with Crippen molar-refractivity contribution in [3.63, 3.8) is 0 Å². The average molecular weight is 253 g/mol. The Morgan fingerprint density at radius 1 is 1.56 bits per heavy atom. The van der Waals surface area contributed by atoms with E-state index < -0.39 is 0 Å². The van der Waals surface area contributed by atoms with Crippen molar-refractivity contribution >= 4 is 5.91 Å². The third-order valence-electron chi connectivity index (χ3n) is 3.32. The van der Waals surface area contributed by atoms with Crippen LogP contribution in [0.3, 0.4) is 0 Å².